The average molecular weight is 294 g/mol. The van der Waals surface area contributed by atoms with Crippen molar-refractivity contribution in [2.75, 3.05) is 11.5 Å². The second-order valence-electron chi connectivity index (χ2n) is 4.63. The van der Waals surface area contributed by atoms with Gasteiger partial charge in [0.2, 0.25) is 0 Å². The van der Waals surface area contributed by atoms with Crippen molar-refractivity contribution >= 4 is 33.0 Å². The molecule has 17 heavy (non-hydrogen) atoms. The summed E-state index contributed by atoms with van der Waals surface area (Å²) in [5, 5.41) is 0.953. The highest BCUT2D eigenvalue weighted by atomic mass is 35.5. The number of hydrogen-bond acceptors (Lipinski definition) is 3. The fraction of sp³-hybridized carbons (Fsp3) is 0.455. The second kappa shape index (κ2) is 4.43. The lowest BCUT2D eigenvalue weighted by atomic mass is 9.91. The molecular weight excluding hydrogens is 281 g/mol. The SMILES string of the molecule is NC1(Cc2ccc(Cl)c(Cl)c2)CCS(=O)(=O)C1. The highest BCUT2D eigenvalue weighted by Gasteiger charge is 2.38. The normalized spacial score (nSPS) is 27.2. The van der Waals surface area contributed by atoms with Gasteiger partial charge in [-0.3, -0.25) is 0 Å². The predicted molar refractivity (Wildman–Crippen MR) is 70.4 cm³/mol. The number of rotatable bonds is 2. The lowest BCUT2D eigenvalue weighted by Gasteiger charge is -2.22. The number of halogens is 2. The molecule has 1 heterocycles. The minimum absolute atomic E-state index is 0.0419. The summed E-state index contributed by atoms with van der Waals surface area (Å²) >= 11 is 11.7. The van der Waals surface area contributed by atoms with Crippen LogP contribution in [0.2, 0.25) is 10.0 Å². The Kier molecular flexibility index (Phi) is 3.42. The third-order valence-electron chi connectivity index (χ3n) is 2.96. The highest BCUT2D eigenvalue weighted by molar-refractivity contribution is 7.91. The van der Waals surface area contributed by atoms with Crippen molar-refractivity contribution in [1.82, 2.24) is 0 Å². The lowest BCUT2D eigenvalue weighted by molar-refractivity contribution is 0.476. The van der Waals surface area contributed by atoms with E-state index in [4.69, 9.17) is 28.9 Å². The third-order valence-corrected chi connectivity index (χ3v) is 5.54. The fourth-order valence-electron chi connectivity index (χ4n) is 2.14. The molecule has 1 aromatic rings. The second-order valence-corrected chi connectivity index (χ2v) is 7.63. The van der Waals surface area contributed by atoms with Crippen molar-refractivity contribution in [2.24, 2.45) is 5.73 Å². The van der Waals surface area contributed by atoms with Gasteiger partial charge >= 0.3 is 0 Å². The summed E-state index contributed by atoms with van der Waals surface area (Å²) in [6.07, 6.45) is 0.999. The summed E-state index contributed by atoms with van der Waals surface area (Å²) in [7, 11) is -2.98. The minimum Gasteiger partial charge on any atom is -0.324 e. The summed E-state index contributed by atoms with van der Waals surface area (Å²) in [6.45, 7) is 0. The van der Waals surface area contributed by atoms with Crippen LogP contribution in [-0.2, 0) is 16.3 Å². The van der Waals surface area contributed by atoms with E-state index in [1.807, 2.05) is 6.07 Å². The molecule has 0 aromatic heterocycles. The number of hydrogen-bond donors (Lipinski definition) is 1. The maximum atomic E-state index is 11.4. The van der Waals surface area contributed by atoms with Crippen LogP contribution >= 0.6 is 23.2 Å². The standard InChI is InChI=1S/C11H13Cl2NO2S/c12-9-2-1-8(5-10(9)13)6-11(14)3-4-17(15,16)7-11/h1-2,5H,3-4,6-7,14H2. The van der Waals surface area contributed by atoms with Gasteiger partial charge in [0, 0.05) is 5.54 Å². The monoisotopic (exact) mass is 293 g/mol. The van der Waals surface area contributed by atoms with Gasteiger partial charge in [-0.1, -0.05) is 29.3 Å². The van der Waals surface area contributed by atoms with Gasteiger partial charge in [0.15, 0.2) is 9.84 Å². The van der Waals surface area contributed by atoms with E-state index in [1.54, 1.807) is 12.1 Å². The molecule has 1 aliphatic heterocycles. The van der Waals surface area contributed by atoms with Crippen LogP contribution in [0.1, 0.15) is 12.0 Å². The maximum Gasteiger partial charge on any atom is 0.152 e. The topological polar surface area (TPSA) is 60.2 Å². The Labute approximate surface area is 111 Å². The van der Waals surface area contributed by atoms with Gasteiger partial charge in [-0.05, 0) is 30.5 Å². The van der Waals surface area contributed by atoms with Crippen molar-refractivity contribution in [3.63, 3.8) is 0 Å². The van der Waals surface area contributed by atoms with E-state index in [9.17, 15) is 8.42 Å². The number of sulfone groups is 1. The Morgan fingerprint density at radius 3 is 2.53 bits per heavy atom. The molecule has 0 amide bonds. The molecule has 6 heteroatoms. The quantitative estimate of drug-likeness (QED) is 0.908. The highest BCUT2D eigenvalue weighted by Crippen LogP contribution is 2.28. The molecule has 1 saturated heterocycles. The molecule has 1 unspecified atom stereocenters. The molecule has 1 atom stereocenters. The Bertz CT molecular complexity index is 544. The van der Waals surface area contributed by atoms with Crippen LogP contribution in [-0.4, -0.2) is 25.5 Å². The van der Waals surface area contributed by atoms with E-state index < -0.39 is 15.4 Å². The van der Waals surface area contributed by atoms with Crippen LogP contribution in [0, 0.1) is 0 Å². The molecule has 0 spiro atoms. The van der Waals surface area contributed by atoms with Crippen LogP contribution < -0.4 is 5.73 Å². The minimum atomic E-state index is -2.98. The fourth-order valence-corrected chi connectivity index (χ4v) is 4.44. The summed E-state index contributed by atoms with van der Waals surface area (Å²) in [6, 6.07) is 5.27. The van der Waals surface area contributed by atoms with Gasteiger partial charge in [-0.25, -0.2) is 8.42 Å². The van der Waals surface area contributed by atoms with Gasteiger partial charge in [-0.15, -0.1) is 0 Å². The predicted octanol–water partition coefficient (Wildman–Crippen LogP) is 2.05. The summed E-state index contributed by atoms with van der Waals surface area (Å²) in [5.74, 6) is 0.213. The first-order chi connectivity index (χ1) is 7.80. The molecule has 1 fully saturated rings. The van der Waals surface area contributed by atoms with E-state index in [-0.39, 0.29) is 11.5 Å². The van der Waals surface area contributed by atoms with Gasteiger partial charge in [0.05, 0.1) is 21.6 Å². The zero-order valence-electron chi connectivity index (χ0n) is 9.12. The zero-order valence-corrected chi connectivity index (χ0v) is 11.4. The van der Waals surface area contributed by atoms with Crippen LogP contribution in [0.25, 0.3) is 0 Å². The van der Waals surface area contributed by atoms with Crippen LogP contribution in [0.15, 0.2) is 18.2 Å². The summed E-state index contributed by atoms with van der Waals surface area (Å²) in [5.41, 5.74) is 6.34. The average Bonchev–Trinajstić information content (AvgIpc) is 2.47. The molecule has 2 rings (SSSR count). The Morgan fingerprint density at radius 2 is 2.00 bits per heavy atom. The van der Waals surface area contributed by atoms with Crippen molar-refractivity contribution in [3.8, 4) is 0 Å². The van der Waals surface area contributed by atoms with Crippen molar-refractivity contribution < 1.29 is 8.42 Å². The van der Waals surface area contributed by atoms with Crippen LogP contribution in [0.3, 0.4) is 0 Å². The molecule has 0 saturated carbocycles. The van der Waals surface area contributed by atoms with Crippen molar-refractivity contribution in [2.45, 2.75) is 18.4 Å². The largest absolute Gasteiger partial charge is 0.324 e. The van der Waals surface area contributed by atoms with Crippen LogP contribution in [0.5, 0.6) is 0 Å². The smallest absolute Gasteiger partial charge is 0.152 e. The first-order valence-electron chi connectivity index (χ1n) is 5.23. The van der Waals surface area contributed by atoms with Crippen molar-refractivity contribution in [3.05, 3.63) is 33.8 Å². The first-order valence-corrected chi connectivity index (χ1v) is 7.81. The summed E-state index contributed by atoms with van der Waals surface area (Å²) in [4.78, 5) is 0. The Morgan fingerprint density at radius 1 is 1.29 bits per heavy atom. The zero-order chi connectivity index (χ0) is 12.7. The maximum absolute atomic E-state index is 11.4. The molecule has 1 aliphatic rings. The molecule has 2 N–H and O–H groups in total. The number of benzene rings is 1. The molecule has 94 valence electrons. The molecule has 0 radical (unpaired) electrons. The van der Waals surface area contributed by atoms with Crippen molar-refractivity contribution in [1.29, 1.82) is 0 Å². The first kappa shape index (κ1) is 13.1. The van der Waals surface area contributed by atoms with E-state index in [0.29, 0.717) is 22.9 Å². The molecular formula is C11H13Cl2NO2S. The Hall–Kier alpha value is -0.290. The third kappa shape index (κ3) is 3.13. The van der Waals surface area contributed by atoms with Gasteiger partial charge in [-0.2, -0.15) is 0 Å². The molecule has 3 nitrogen and oxygen atoms in total. The van der Waals surface area contributed by atoms with E-state index in [1.165, 1.54) is 0 Å². The van der Waals surface area contributed by atoms with Gasteiger partial charge in [0.1, 0.15) is 0 Å². The lowest BCUT2D eigenvalue weighted by Crippen LogP contribution is -2.43. The number of nitrogens with two attached hydrogens (primary N) is 1. The van der Waals surface area contributed by atoms with E-state index in [0.717, 1.165) is 5.56 Å². The summed E-state index contributed by atoms with van der Waals surface area (Å²) < 4.78 is 22.9. The molecule has 0 aliphatic carbocycles. The van der Waals surface area contributed by atoms with E-state index in [2.05, 4.69) is 0 Å². The van der Waals surface area contributed by atoms with Crippen LogP contribution in [0.4, 0.5) is 0 Å². The molecule has 0 bridgehead atoms. The van der Waals surface area contributed by atoms with Gasteiger partial charge < -0.3 is 5.73 Å². The molecule has 1 aromatic carbocycles. The van der Waals surface area contributed by atoms with Gasteiger partial charge in [0.25, 0.3) is 0 Å². The Balaban J connectivity index is 2.19. The van der Waals surface area contributed by atoms with E-state index >= 15 is 0 Å².